The molecular formula is C57H109NO5. The molecule has 0 aromatic carbocycles. The van der Waals surface area contributed by atoms with E-state index in [1.54, 1.807) is 6.08 Å². The molecule has 6 heteroatoms. The van der Waals surface area contributed by atoms with Gasteiger partial charge >= 0.3 is 5.97 Å². The highest BCUT2D eigenvalue weighted by Gasteiger charge is 2.18. The summed E-state index contributed by atoms with van der Waals surface area (Å²) in [4.78, 5) is 24.5. The Bertz CT molecular complexity index is 982. The molecular weight excluding hydrogens is 779 g/mol. The molecule has 0 saturated heterocycles. The molecule has 0 rings (SSSR count). The van der Waals surface area contributed by atoms with Crippen molar-refractivity contribution >= 4 is 11.9 Å². The molecule has 0 heterocycles. The highest BCUT2D eigenvalue weighted by atomic mass is 16.5. The number of rotatable bonds is 52. The van der Waals surface area contributed by atoms with Crippen molar-refractivity contribution in [1.29, 1.82) is 0 Å². The Balaban J connectivity index is 3.51. The second-order valence-corrected chi connectivity index (χ2v) is 19.3. The molecule has 0 fully saturated rings. The molecule has 1 amide bonds. The lowest BCUT2D eigenvalue weighted by molar-refractivity contribution is -0.143. The summed E-state index contributed by atoms with van der Waals surface area (Å²) in [7, 11) is 0. The zero-order valence-corrected chi connectivity index (χ0v) is 42.3. The van der Waals surface area contributed by atoms with Gasteiger partial charge in [-0.25, -0.2) is 0 Å². The van der Waals surface area contributed by atoms with Gasteiger partial charge in [-0.3, -0.25) is 9.59 Å². The summed E-state index contributed by atoms with van der Waals surface area (Å²) in [5.74, 6) is -0.120. The quantitative estimate of drug-likeness (QED) is 0.0321. The maximum atomic E-state index is 12.5. The molecule has 0 spiro atoms. The number of hydrogen-bond acceptors (Lipinski definition) is 5. The van der Waals surface area contributed by atoms with Crippen LogP contribution in [0.25, 0.3) is 0 Å². The predicted octanol–water partition coefficient (Wildman–Crippen LogP) is 17.1. The first kappa shape index (κ1) is 61.3. The Morgan fingerprint density at radius 2 is 0.762 bits per heavy atom. The Labute approximate surface area is 392 Å². The zero-order valence-electron chi connectivity index (χ0n) is 42.3. The molecule has 63 heavy (non-hydrogen) atoms. The molecule has 6 nitrogen and oxygen atoms in total. The Morgan fingerprint density at radius 1 is 0.429 bits per heavy atom. The topological polar surface area (TPSA) is 95.9 Å². The van der Waals surface area contributed by atoms with E-state index in [9.17, 15) is 19.8 Å². The van der Waals surface area contributed by atoms with Gasteiger partial charge in [0.2, 0.25) is 5.91 Å². The highest BCUT2D eigenvalue weighted by Crippen LogP contribution is 2.17. The fourth-order valence-electron chi connectivity index (χ4n) is 8.62. The van der Waals surface area contributed by atoms with Gasteiger partial charge in [-0.2, -0.15) is 0 Å². The number of hydrogen-bond donors (Lipinski definition) is 3. The number of aliphatic hydroxyl groups excluding tert-OH is 2. The normalized spacial score (nSPS) is 12.8. The summed E-state index contributed by atoms with van der Waals surface area (Å²) in [5.41, 5.74) is 0. The van der Waals surface area contributed by atoms with Crippen LogP contribution in [0.5, 0.6) is 0 Å². The number of carbonyl (C=O) groups is 2. The van der Waals surface area contributed by atoms with Gasteiger partial charge in [0.15, 0.2) is 0 Å². The maximum Gasteiger partial charge on any atom is 0.305 e. The van der Waals surface area contributed by atoms with Crippen molar-refractivity contribution in [2.75, 3.05) is 13.2 Å². The van der Waals surface area contributed by atoms with Crippen LogP contribution in [-0.2, 0) is 14.3 Å². The number of unbranched alkanes of at least 4 members (excludes halogenated alkanes) is 39. The minimum absolute atomic E-state index is 0.0313. The third kappa shape index (κ3) is 49.6. The first-order valence-electron chi connectivity index (χ1n) is 28.1. The Kier molecular flexibility index (Phi) is 51.6. The van der Waals surface area contributed by atoms with Gasteiger partial charge in [-0.1, -0.05) is 263 Å². The van der Waals surface area contributed by atoms with Gasteiger partial charge in [0.25, 0.3) is 0 Å². The largest absolute Gasteiger partial charge is 0.466 e. The number of ether oxygens (including phenoxy) is 1. The molecule has 0 bridgehead atoms. The molecule has 0 aliphatic rings. The predicted molar refractivity (Wildman–Crippen MR) is 273 cm³/mol. The van der Waals surface area contributed by atoms with Crippen molar-refractivity contribution in [3.63, 3.8) is 0 Å². The van der Waals surface area contributed by atoms with Crippen LogP contribution in [0.3, 0.4) is 0 Å². The summed E-state index contributed by atoms with van der Waals surface area (Å²) < 4.78 is 5.43. The van der Waals surface area contributed by atoms with Crippen molar-refractivity contribution in [3.8, 4) is 0 Å². The lowest BCUT2D eigenvalue weighted by atomic mass is 10.0. The summed E-state index contributed by atoms with van der Waals surface area (Å²) in [6.07, 6.45) is 63.4. The molecule has 0 aliphatic heterocycles. The molecule has 0 aromatic rings. The average Bonchev–Trinajstić information content (AvgIpc) is 3.28. The van der Waals surface area contributed by atoms with E-state index in [4.69, 9.17) is 4.74 Å². The molecule has 372 valence electrons. The smallest absolute Gasteiger partial charge is 0.305 e. The van der Waals surface area contributed by atoms with Gasteiger partial charge in [-0.15, -0.1) is 0 Å². The van der Waals surface area contributed by atoms with Crippen LogP contribution in [0.4, 0.5) is 0 Å². The number of esters is 1. The number of allylic oxidation sites excluding steroid dienone is 3. The van der Waals surface area contributed by atoms with Crippen LogP contribution in [0.15, 0.2) is 24.3 Å². The van der Waals surface area contributed by atoms with E-state index in [-0.39, 0.29) is 18.5 Å². The van der Waals surface area contributed by atoms with Crippen molar-refractivity contribution in [1.82, 2.24) is 5.32 Å². The SMILES string of the molecule is CCCC/C=C\CCCCCCCC(=O)OCCCCCCCCCCCCC(=O)NC(CO)C(O)/C=C/CCCCCCCCCCCCCCCCCCCCCCCCC. The van der Waals surface area contributed by atoms with Crippen molar-refractivity contribution in [2.24, 2.45) is 0 Å². The Morgan fingerprint density at radius 3 is 1.17 bits per heavy atom. The standard InChI is InChI=1S/C57H109NO5/c1-3-5-7-9-11-13-15-16-17-18-19-20-21-22-23-24-25-26-27-28-30-33-37-41-45-49-55(60)54(53-59)58-56(61)50-46-42-38-34-31-32-36-40-44-48-52-63-57(62)51-47-43-39-35-29-14-12-10-8-6-4-2/h10,12,45,49,54-55,59-60H,3-9,11,13-44,46-48,50-53H2,1-2H3,(H,58,61)/b12-10-,49-45+. The molecule has 2 unspecified atom stereocenters. The van der Waals surface area contributed by atoms with Gasteiger partial charge in [-0.05, 0) is 51.4 Å². The second kappa shape index (κ2) is 53.0. The molecule has 3 N–H and O–H groups in total. The molecule has 2 atom stereocenters. The first-order chi connectivity index (χ1) is 31.0. The fraction of sp³-hybridized carbons (Fsp3) is 0.895. The lowest BCUT2D eigenvalue weighted by Gasteiger charge is -2.20. The van der Waals surface area contributed by atoms with E-state index in [0.29, 0.717) is 19.4 Å². The third-order valence-corrected chi connectivity index (χ3v) is 13.0. The van der Waals surface area contributed by atoms with E-state index < -0.39 is 12.1 Å². The van der Waals surface area contributed by atoms with Crippen LogP contribution in [0, 0.1) is 0 Å². The minimum atomic E-state index is -0.860. The maximum absolute atomic E-state index is 12.5. The van der Waals surface area contributed by atoms with E-state index in [1.165, 1.54) is 218 Å². The van der Waals surface area contributed by atoms with Gasteiger partial charge in [0.05, 0.1) is 25.4 Å². The number of carbonyl (C=O) groups excluding carboxylic acids is 2. The summed E-state index contributed by atoms with van der Waals surface area (Å²) >= 11 is 0. The fourth-order valence-corrected chi connectivity index (χ4v) is 8.62. The van der Waals surface area contributed by atoms with Crippen LogP contribution in [-0.4, -0.2) is 47.4 Å². The van der Waals surface area contributed by atoms with E-state index >= 15 is 0 Å². The monoisotopic (exact) mass is 888 g/mol. The van der Waals surface area contributed by atoms with Gasteiger partial charge in [0.1, 0.15) is 0 Å². The lowest BCUT2D eigenvalue weighted by Crippen LogP contribution is -2.45. The van der Waals surface area contributed by atoms with Gasteiger partial charge in [0, 0.05) is 12.8 Å². The summed E-state index contributed by atoms with van der Waals surface area (Å²) in [6.45, 7) is 4.82. The van der Waals surface area contributed by atoms with E-state index in [0.717, 1.165) is 57.8 Å². The van der Waals surface area contributed by atoms with Crippen molar-refractivity contribution in [3.05, 3.63) is 24.3 Å². The van der Waals surface area contributed by atoms with Crippen molar-refractivity contribution < 1.29 is 24.5 Å². The van der Waals surface area contributed by atoms with Crippen LogP contribution in [0.2, 0.25) is 0 Å². The highest BCUT2D eigenvalue weighted by molar-refractivity contribution is 5.76. The molecule has 0 aliphatic carbocycles. The zero-order chi connectivity index (χ0) is 45.8. The number of amides is 1. The minimum Gasteiger partial charge on any atom is -0.466 e. The van der Waals surface area contributed by atoms with Crippen LogP contribution < -0.4 is 5.32 Å². The average molecular weight is 889 g/mol. The van der Waals surface area contributed by atoms with Crippen LogP contribution >= 0.6 is 0 Å². The molecule has 0 saturated carbocycles. The Hall–Kier alpha value is -1.66. The summed E-state index contributed by atoms with van der Waals surface area (Å²) in [6, 6.07) is -0.646. The number of nitrogens with one attached hydrogen (secondary N) is 1. The van der Waals surface area contributed by atoms with E-state index in [1.807, 2.05) is 6.08 Å². The van der Waals surface area contributed by atoms with Gasteiger partial charge < -0.3 is 20.3 Å². The van der Waals surface area contributed by atoms with E-state index in [2.05, 4.69) is 31.3 Å². The first-order valence-corrected chi connectivity index (χ1v) is 28.1. The summed E-state index contributed by atoms with van der Waals surface area (Å²) in [5, 5.41) is 23.2. The number of aliphatic hydroxyl groups is 2. The second-order valence-electron chi connectivity index (χ2n) is 19.3. The third-order valence-electron chi connectivity index (χ3n) is 13.0. The molecule has 0 radical (unpaired) electrons. The van der Waals surface area contributed by atoms with Crippen molar-refractivity contribution in [2.45, 2.75) is 315 Å². The van der Waals surface area contributed by atoms with Crippen LogP contribution in [0.1, 0.15) is 303 Å². The molecule has 0 aromatic heterocycles.